The number of nitrogens with two attached hydrogens (primary N) is 1. The number of benzene rings is 1. The number of carbonyl (C=O) groups is 5. The molecule has 0 radical (unpaired) electrons. The van der Waals surface area contributed by atoms with Gasteiger partial charge < -0.3 is 36.9 Å². The van der Waals surface area contributed by atoms with Crippen LogP contribution in [0.15, 0.2) is 30.5 Å². The van der Waals surface area contributed by atoms with Gasteiger partial charge in [-0.15, -0.1) is 0 Å². The van der Waals surface area contributed by atoms with Gasteiger partial charge in [0.05, 0.1) is 12.5 Å². The molecular formula is C23H31N5O7. The van der Waals surface area contributed by atoms with E-state index >= 15 is 0 Å². The maximum Gasteiger partial charge on any atom is 0.326 e. The fourth-order valence-corrected chi connectivity index (χ4v) is 3.46. The summed E-state index contributed by atoms with van der Waals surface area (Å²) in [6.07, 6.45) is 1.10. The number of carboxylic acids is 2. The monoisotopic (exact) mass is 489 g/mol. The maximum atomic E-state index is 12.7. The van der Waals surface area contributed by atoms with Crippen LogP contribution in [0.2, 0.25) is 0 Å². The van der Waals surface area contributed by atoms with Crippen LogP contribution in [-0.4, -0.2) is 69.0 Å². The van der Waals surface area contributed by atoms with Crippen LogP contribution in [0.3, 0.4) is 0 Å². The molecule has 12 nitrogen and oxygen atoms in total. The Kier molecular flexibility index (Phi) is 9.34. The summed E-state index contributed by atoms with van der Waals surface area (Å²) in [6, 6.07) is 2.58. The van der Waals surface area contributed by atoms with Gasteiger partial charge in [-0.3, -0.25) is 19.2 Å². The number of carboxylic acid groups (broad SMARTS) is 2. The van der Waals surface area contributed by atoms with Crippen LogP contribution >= 0.6 is 0 Å². The average molecular weight is 490 g/mol. The van der Waals surface area contributed by atoms with Crippen LogP contribution in [0.25, 0.3) is 10.9 Å². The first-order valence-corrected chi connectivity index (χ1v) is 11.1. The van der Waals surface area contributed by atoms with E-state index < -0.39 is 66.2 Å². The maximum absolute atomic E-state index is 12.7. The van der Waals surface area contributed by atoms with Crippen molar-refractivity contribution in [2.75, 3.05) is 0 Å². The number of amides is 3. The molecule has 2 rings (SSSR count). The minimum Gasteiger partial charge on any atom is -0.481 e. The van der Waals surface area contributed by atoms with Crippen LogP contribution in [-0.2, 0) is 30.4 Å². The number of H-pyrrole nitrogens is 1. The summed E-state index contributed by atoms with van der Waals surface area (Å²) in [5.41, 5.74) is 7.09. The molecule has 8 N–H and O–H groups in total. The van der Waals surface area contributed by atoms with Gasteiger partial charge in [0.2, 0.25) is 17.7 Å². The summed E-state index contributed by atoms with van der Waals surface area (Å²) in [4.78, 5) is 63.1. The number of aromatic nitrogens is 1. The number of hydrogen-bond donors (Lipinski definition) is 7. The summed E-state index contributed by atoms with van der Waals surface area (Å²) in [5, 5.41) is 26.5. The highest BCUT2D eigenvalue weighted by Gasteiger charge is 2.30. The van der Waals surface area contributed by atoms with Gasteiger partial charge >= 0.3 is 11.9 Å². The predicted octanol–water partition coefficient (Wildman–Crippen LogP) is -0.273. The fourth-order valence-electron chi connectivity index (χ4n) is 3.46. The molecule has 0 aliphatic rings. The molecule has 0 spiro atoms. The second-order valence-electron chi connectivity index (χ2n) is 8.63. The van der Waals surface area contributed by atoms with E-state index in [-0.39, 0.29) is 6.42 Å². The van der Waals surface area contributed by atoms with E-state index in [1.807, 2.05) is 24.3 Å². The lowest BCUT2D eigenvalue weighted by atomic mass is 10.0. The van der Waals surface area contributed by atoms with E-state index in [1.165, 1.54) is 6.92 Å². The van der Waals surface area contributed by atoms with Gasteiger partial charge in [-0.05, 0) is 24.5 Å². The van der Waals surface area contributed by atoms with Crippen LogP contribution < -0.4 is 21.7 Å². The Morgan fingerprint density at radius 2 is 1.60 bits per heavy atom. The van der Waals surface area contributed by atoms with E-state index in [4.69, 9.17) is 10.8 Å². The Balaban J connectivity index is 2.02. The Morgan fingerprint density at radius 1 is 0.943 bits per heavy atom. The standard InChI is InChI=1S/C23H31N5O7/c1-11(2)19(28-21(32)15(24)9-18(29)30)22(33)26-12(3)20(31)27-17(23(34)35)8-13-10-25-16-7-5-4-6-14(13)16/h4-7,10-12,15,17,19,25H,8-9,24H2,1-3H3,(H,26,33)(H,27,31)(H,28,32)(H,29,30)(H,34,35). The second kappa shape index (κ2) is 12.0. The van der Waals surface area contributed by atoms with Crippen LogP contribution in [0.4, 0.5) is 0 Å². The Hall–Kier alpha value is -3.93. The van der Waals surface area contributed by atoms with Gasteiger partial charge in [0, 0.05) is 23.5 Å². The number of fused-ring (bicyclic) bond motifs is 1. The molecule has 0 aliphatic carbocycles. The smallest absolute Gasteiger partial charge is 0.326 e. The first-order valence-electron chi connectivity index (χ1n) is 11.1. The van der Waals surface area contributed by atoms with Gasteiger partial charge in [-0.1, -0.05) is 32.0 Å². The molecule has 0 fully saturated rings. The molecule has 3 amide bonds. The van der Waals surface area contributed by atoms with E-state index in [2.05, 4.69) is 20.9 Å². The predicted molar refractivity (Wildman–Crippen MR) is 126 cm³/mol. The van der Waals surface area contributed by atoms with Crippen molar-refractivity contribution in [3.8, 4) is 0 Å². The van der Waals surface area contributed by atoms with Gasteiger partial charge in [0.15, 0.2) is 0 Å². The fraction of sp³-hybridized carbons (Fsp3) is 0.435. The lowest BCUT2D eigenvalue weighted by Gasteiger charge is -2.25. The van der Waals surface area contributed by atoms with Crippen molar-refractivity contribution >= 4 is 40.6 Å². The van der Waals surface area contributed by atoms with Gasteiger partial charge in [-0.2, -0.15) is 0 Å². The third-order valence-electron chi connectivity index (χ3n) is 5.44. The largest absolute Gasteiger partial charge is 0.481 e. The number of aliphatic carboxylic acids is 2. The molecule has 0 saturated carbocycles. The Morgan fingerprint density at radius 3 is 2.20 bits per heavy atom. The summed E-state index contributed by atoms with van der Waals surface area (Å²) in [6.45, 7) is 4.69. The second-order valence-corrected chi connectivity index (χ2v) is 8.63. The molecule has 4 atom stereocenters. The topological polar surface area (TPSA) is 204 Å². The van der Waals surface area contributed by atoms with Crippen molar-refractivity contribution in [1.29, 1.82) is 0 Å². The zero-order valence-corrected chi connectivity index (χ0v) is 19.7. The Labute approximate surface area is 201 Å². The summed E-state index contributed by atoms with van der Waals surface area (Å²) < 4.78 is 0. The third kappa shape index (κ3) is 7.54. The number of hydrogen-bond acceptors (Lipinski definition) is 6. The van der Waals surface area contributed by atoms with Crippen LogP contribution in [0.1, 0.15) is 32.8 Å². The van der Waals surface area contributed by atoms with Gasteiger partial charge in [-0.25, -0.2) is 4.79 Å². The minimum atomic E-state index is -1.34. The zero-order valence-electron chi connectivity index (χ0n) is 19.7. The van der Waals surface area contributed by atoms with E-state index in [9.17, 15) is 29.1 Å². The van der Waals surface area contributed by atoms with Crippen molar-refractivity contribution in [1.82, 2.24) is 20.9 Å². The summed E-state index contributed by atoms with van der Waals surface area (Å²) in [5.74, 6) is -5.13. The zero-order chi connectivity index (χ0) is 26.3. The molecular weight excluding hydrogens is 458 g/mol. The molecule has 1 aromatic heterocycles. The van der Waals surface area contributed by atoms with Gasteiger partial charge in [0.25, 0.3) is 0 Å². The molecule has 0 saturated heterocycles. The minimum absolute atomic E-state index is 0.0257. The number of para-hydroxylation sites is 1. The van der Waals surface area contributed by atoms with Crippen molar-refractivity contribution < 1.29 is 34.2 Å². The summed E-state index contributed by atoms with van der Waals surface area (Å²) in [7, 11) is 0. The van der Waals surface area contributed by atoms with Crippen molar-refractivity contribution in [2.24, 2.45) is 11.7 Å². The summed E-state index contributed by atoms with van der Waals surface area (Å²) >= 11 is 0. The SMILES string of the molecule is CC(NC(=O)C(NC(=O)C(N)CC(=O)O)C(C)C)C(=O)NC(Cc1c[nH]c2ccccc12)C(=O)O. The van der Waals surface area contributed by atoms with Crippen LogP contribution in [0, 0.1) is 5.92 Å². The van der Waals surface area contributed by atoms with Crippen molar-refractivity contribution in [3.63, 3.8) is 0 Å². The molecule has 0 aliphatic heterocycles. The normalized spacial score (nSPS) is 14.5. The number of aromatic amines is 1. The Bertz CT molecular complexity index is 1100. The molecule has 1 heterocycles. The highest BCUT2D eigenvalue weighted by Crippen LogP contribution is 2.19. The molecule has 2 aromatic rings. The average Bonchev–Trinajstić information content (AvgIpc) is 3.18. The lowest BCUT2D eigenvalue weighted by molar-refractivity contribution is -0.142. The van der Waals surface area contributed by atoms with Crippen molar-refractivity contribution in [3.05, 3.63) is 36.0 Å². The van der Waals surface area contributed by atoms with Crippen molar-refractivity contribution in [2.45, 2.75) is 57.8 Å². The molecule has 12 heteroatoms. The number of rotatable bonds is 12. The molecule has 4 unspecified atom stereocenters. The first kappa shape index (κ1) is 27.3. The van der Waals surface area contributed by atoms with Crippen LogP contribution in [0.5, 0.6) is 0 Å². The number of carbonyl (C=O) groups excluding carboxylic acids is 3. The van der Waals surface area contributed by atoms with E-state index in [0.29, 0.717) is 5.56 Å². The van der Waals surface area contributed by atoms with Gasteiger partial charge in [0.1, 0.15) is 18.1 Å². The molecule has 1 aromatic carbocycles. The van der Waals surface area contributed by atoms with E-state index in [1.54, 1.807) is 20.0 Å². The molecule has 35 heavy (non-hydrogen) atoms. The number of nitrogens with one attached hydrogen (secondary N) is 4. The highest BCUT2D eigenvalue weighted by atomic mass is 16.4. The molecule has 190 valence electrons. The third-order valence-corrected chi connectivity index (χ3v) is 5.44. The molecule has 0 bridgehead atoms. The highest BCUT2D eigenvalue weighted by molar-refractivity contribution is 5.95. The lowest BCUT2D eigenvalue weighted by Crippen LogP contribution is -2.58. The first-order chi connectivity index (χ1) is 16.4. The quantitative estimate of drug-likeness (QED) is 0.211. The van der Waals surface area contributed by atoms with E-state index in [0.717, 1.165) is 10.9 Å².